The van der Waals surface area contributed by atoms with E-state index in [1.807, 2.05) is 0 Å². The minimum atomic E-state index is -1.89. The third-order valence-corrected chi connectivity index (χ3v) is 22.6. The lowest BCUT2D eigenvalue weighted by atomic mass is 9.92. The van der Waals surface area contributed by atoms with Gasteiger partial charge in [-0.15, -0.1) is 0 Å². The molecule has 0 bridgehead atoms. The molecule has 4 heterocycles. The van der Waals surface area contributed by atoms with Crippen molar-refractivity contribution in [2.75, 3.05) is 118 Å². The molecule has 61 nitrogen and oxygen atoms in total. The van der Waals surface area contributed by atoms with E-state index < -0.39 is 305 Å². The Hall–Kier alpha value is -14.1. The number of rotatable bonds is 67. The number of nitrogens with zero attached hydrogens (tertiary/aromatic N) is 2. The number of carboxylic acid groups (broad SMARTS) is 3. The Kier molecular flexibility index (Phi) is 57.1. The molecule has 4 rings (SSSR count). The molecule has 0 radical (unpaired) electrons. The second-order valence-corrected chi connectivity index (χ2v) is 34.8. The summed E-state index contributed by atoms with van der Waals surface area (Å²) in [6, 6.07) is -7.71. The highest BCUT2D eigenvalue weighted by Gasteiger charge is 2.51. The number of guanidine groups is 4. The first kappa shape index (κ1) is 126. The lowest BCUT2D eigenvalue weighted by molar-refractivity contribution is -0.147. The van der Waals surface area contributed by atoms with E-state index in [0.717, 1.165) is 45.9 Å². The molecular formula is C87H146N26O35. The van der Waals surface area contributed by atoms with Crippen molar-refractivity contribution in [2.24, 2.45) is 22.9 Å². The normalized spacial score (nSPS) is 20.4. The summed E-state index contributed by atoms with van der Waals surface area (Å²) < 4.78 is 44.6. The second kappa shape index (κ2) is 66.9. The molecule has 0 aromatic carbocycles. The molecule has 0 fully saturated rings. The number of carboxylic acids is 3. The number of nitrogens with two attached hydrogens (primary N) is 4. The molecule has 0 saturated heterocycles. The summed E-state index contributed by atoms with van der Waals surface area (Å²) in [6.45, 7) is 0.0655. The van der Waals surface area contributed by atoms with Gasteiger partial charge in [0, 0.05) is 105 Å². The van der Waals surface area contributed by atoms with Gasteiger partial charge in [0.1, 0.15) is 36.6 Å². The van der Waals surface area contributed by atoms with Crippen LogP contribution in [0.15, 0.2) is 46.9 Å². The highest BCUT2D eigenvalue weighted by Crippen LogP contribution is 2.32. The van der Waals surface area contributed by atoms with E-state index in [1.165, 1.54) is 16.7 Å². The van der Waals surface area contributed by atoms with Crippen LogP contribution in [0.3, 0.4) is 0 Å². The molecule has 19 atom stereocenters. The summed E-state index contributed by atoms with van der Waals surface area (Å²) in [4.78, 5) is 210. The maximum atomic E-state index is 13.9. The Morgan fingerprint density at radius 3 is 0.831 bits per heavy atom. The summed E-state index contributed by atoms with van der Waals surface area (Å²) in [7, 11) is 0. The van der Waals surface area contributed by atoms with Crippen molar-refractivity contribution >= 4 is 119 Å². The van der Waals surface area contributed by atoms with Crippen molar-refractivity contribution in [2.45, 2.75) is 259 Å². The second-order valence-electron chi connectivity index (χ2n) is 34.8. The molecule has 12 amide bonds. The number of ketones is 1. The fourth-order valence-corrected chi connectivity index (χ4v) is 15.7. The summed E-state index contributed by atoms with van der Waals surface area (Å²) >= 11 is 0. The maximum absolute atomic E-state index is 13.9. The monoisotopic (exact) mass is 2120 g/mol. The van der Waals surface area contributed by atoms with Crippen molar-refractivity contribution in [3.05, 3.63) is 46.9 Å². The molecule has 39 N–H and O–H groups in total. The zero-order valence-electron chi connectivity index (χ0n) is 82.9. The predicted octanol–water partition coefficient (Wildman–Crippen LogP) is -10.2. The van der Waals surface area contributed by atoms with Crippen LogP contribution in [0.4, 0.5) is 19.2 Å². The van der Waals surface area contributed by atoms with Crippen LogP contribution in [-0.4, -0.2) is 419 Å². The van der Waals surface area contributed by atoms with Crippen LogP contribution in [0.2, 0.25) is 0 Å². The van der Waals surface area contributed by atoms with Crippen molar-refractivity contribution in [1.82, 2.24) is 94.9 Å². The number of amides is 12. The van der Waals surface area contributed by atoms with Gasteiger partial charge in [-0.2, -0.15) is 0 Å². The van der Waals surface area contributed by atoms with Gasteiger partial charge in [0.2, 0.25) is 64.5 Å². The Balaban J connectivity index is 1.50. The molecule has 0 aromatic heterocycles. The fraction of sp³-hybridized carbons (Fsp3) is 0.678. The zero-order chi connectivity index (χ0) is 110. The van der Waals surface area contributed by atoms with Crippen LogP contribution in [0, 0.1) is 21.6 Å². The number of hydrogen-bond donors (Lipinski definition) is 35. The number of aliphatic hydroxyl groups excluding tert-OH is 8. The highest BCUT2D eigenvalue weighted by molar-refractivity contribution is 5.89. The van der Waals surface area contributed by atoms with Crippen molar-refractivity contribution in [3.63, 3.8) is 0 Å². The van der Waals surface area contributed by atoms with Crippen LogP contribution in [-0.2, 0) is 95.4 Å². The van der Waals surface area contributed by atoms with Gasteiger partial charge in [-0.3, -0.25) is 74.6 Å². The van der Waals surface area contributed by atoms with E-state index in [1.54, 1.807) is 0 Å². The van der Waals surface area contributed by atoms with Gasteiger partial charge in [0.15, 0.2) is 72.3 Å². The van der Waals surface area contributed by atoms with Crippen LogP contribution < -0.4 is 108 Å². The van der Waals surface area contributed by atoms with E-state index in [0.29, 0.717) is 103 Å². The minimum absolute atomic E-state index is 0.00655. The average molecular weight is 2120 g/mol. The molecule has 0 aliphatic carbocycles. The lowest BCUT2D eigenvalue weighted by Gasteiger charge is -2.41. The number of alkyl carbamates (subject to hydrolysis) is 4. The van der Waals surface area contributed by atoms with Gasteiger partial charge in [-0.1, -0.05) is 51.4 Å². The van der Waals surface area contributed by atoms with E-state index in [4.69, 9.17) is 82.5 Å². The minimum Gasteiger partial charge on any atom is -0.477 e. The molecule has 0 saturated carbocycles. The van der Waals surface area contributed by atoms with Gasteiger partial charge in [-0.05, 0) is 76.5 Å². The van der Waals surface area contributed by atoms with Crippen LogP contribution >= 0.6 is 0 Å². The Labute approximate surface area is 850 Å². The number of ether oxygens (including phenoxy) is 8. The van der Waals surface area contributed by atoms with Gasteiger partial charge in [0.25, 0.3) is 0 Å². The molecule has 0 aromatic rings. The largest absolute Gasteiger partial charge is 0.477 e. The zero-order valence-corrected chi connectivity index (χ0v) is 82.9. The first-order valence-electron chi connectivity index (χ1n) is 47.8. The smallest absolute Gasteiger partial charge is 0.407 e. The number of Topliss-reactive ketones (excluding diaryl/α,β-unsaturated/α-hetero) is 1. The molecule has 4 aliphatic rings. The number of carbonyl (C=O) groups excluding carboxylic acids is 13. The van der Waals surface area contributed by atoms with Crippen molar-refractivity contribution in [3.8, 4) is 0 Å². The number of nitrogens with one attached hydrogen (secondary N) is 20. The molecule has 61 heteroatoms. The third kappa shape index (κ3) is 47.2. The summed E-state index contributed by atoms with van der Waals surface area (Å²) in [5.41, 5.74) is 22.1. The van der Waals surface area contributed by atoms with E-state index in [9.17, 15) is 133 Å². The quantitative estimate of drug-likeness (QED) is 0.0116. The molecule has 834 valence electrons. The Morgan fingerprint density at radius 2 is 0.608 bits per heavy atom. The third-order valence-electron chi connectivity index (χ3n) is 22.6. The molecule has 4 aliphatic heterocycles. The number of hydrogen-bond acceptors (Lipinski definition) is 38. The van der Waals surface area contributed by atoms with Crippen molar-refractivity contribution < 1.29 is 171 Å². The first-order chi connectivity index (χ1) is 70.1. The Morgan fingerprint density at radius 1 is 0.358 bits per heavy atom. The maximum Gasteiger partial charge on any atom is 0.407 e. The fourth-order valence-electron chi connectivity index (χ4n) is 15.7. The lowest BCUT2D eigenvalue weighted by Crippen LogP contribution is -2.65. The van der Waals surface area contributed by atoms with Crippen LogP contribution in [0.1, 0.15) is 144 Å². The number of aliphatic carboxylic acids is 3. The van der Waals surface area contributed by atoms with Gasteiger partial charge in [0.05, 0.1) is 94.6 Å². The molecule has 0 spiro atoms. The van der Waals surface area contributed by atoms with Gasteiger partial charge >= 0.3 is 42.3 Å². The Bertz CT molecular complexity index is 4460. The van der Waals surface area contributed by atoms with E-state index >= 15 is 0 Å². The summed E-state index contributed by atoms with van der Waals surface area (Å²) in [6.07, 6.45) is -17.7. The highest BCUT2D eigenvalue weighted by atomic mass is 16.6. The first-order valence-corrected chi connectivity index (χ1v) is 47.8. The van der Waals surface area contributed by atoms with Gasteiger partial charge in [-0.25, -0.2) is 33.6 Å². The standard InChI is InChI=1S/C87H146N26O35/c1-44(118)57-32-49(108-80(88)89)65(104-45(2)119)73(141-57)69(53(123)40-114)145-84(137)100-26-18-10-6-14-22-96-61(127)36-112(37-62(128)97-23-15-7-11-19-27-101-85(138)146-70(54(124)41-115)74-66(105-46(3)120)50(109-81(90)91)33-58(142-74)77(131)132)30-31-113(38-63(129)98-24-16-8-12-20-28-102-86(139)147-71(55(125)42-116)75-67(106-47(4)121)51(110-82(92)93)34-59(143-75)78(133)134)39-64(130)99-25-17-9-13-21-29-103-87(140)148-72(56(126)43-117)76-68(107-48(5)122)52(111-83(94)95)35-60(144-76)79(135)136/h33-35,50-57,66-76,114-117,123-126H,6-32,36-43H2,1-5H3,(H,96,127)(H,97,128)(H,98,129)(H,99,130)(H,100,137)(H,101,138)(H,102,139)(H,103,140)(H,104,119)(H,105,120)(H,106,121)(H,107,122)(H,131,132)(H,133,134)(H,135,136)(H4,88,89,108)(H4,90,91,109)(H4,92,93,110)(H4,94,95,111)/t50-,51-,52-,53?,54?,55?,56?,57?,66+,67+,68+,69+,70+,71+,72+,73+,74+,75+,76+/m0/s1. The summed E-state index contributed by atoms with van der Waals surface area (Å²) in [5, 5.41) is 185. The molecule has 148 heavy (non-hydrogen) atoms. The van der Waals surface area contributed by atoms with Crippen LogP contribution in [0.5, 0.6) is 0 Å². The van der Waals surface area contributed by atoms with Gasteiger partial charge < -0.3 is 202 Å². The molecular weight excluding hydrogens is 1970 g/mol. The number of unbranched alkanes of at least 4 members (excludes halogenated alkanes) is 12. The SMILES string of the molecule is CC(=O)NC1=C(NC(=N)N)CC(C(C)=O)O[C@H]1[C@H](OC(=O)NCCCCCCNC(=O)CN(CCN(CC(=O)NCCCCCCNC(=O)O[C@H](C(O)CO)[C@@H]1OC(C(=O)O)=C[C@H](NC(=N)N)[C@H]1NC(C)=O)CC(=O)NCCCCCCNC(=O)O[C@H](C(O)CO)[C@@H]1OC(C(=O)O)=C[C@H](NC(=N)N)[C@H]1NC(C)=O)CC(=O)NCCCCCCNC(=O)O[C@H](C(O)CO)[C@@H]1OC(C(=O)O)=C[C@H](NC(=N)N)[C@H]1NC(C)=O)C(O)CO. The molecule has 5 unspecified atom stereocenters. The van der Waals surface area contributed by atoms with Crippen molar-refractivity contribution in [1.29, 1.82) is 21.6 Å². The van der Waals surface area contributed by atoms with E-state index in [2.05, 4.69) is 85.1 Å². The average Bonchev–Trinajstić information content (AvgIpc) is 0.801. The predicted molar refractivity (Wildman–Crippen MR) is 515 cm³/mol. The summed E-state index contributed by atoms with van der Waals surface area (Å²) in [5.74, 6) is -14.9. The number of aliphatic hydroxyl groups is 8. The number of carbonyl (C=O) groups is 16. The van der Waals surface area contributed by atoms with E-state index in [-0.39, 0.29) is 83.3 Å². The topological polar surface area (TPSA) is 968 Å². The van der Waals surface area contributed by atoms with Crippen LogP contribution in [0.25, 0.3) is 0 Å².